The van der Waals surface area contributed by atoms with E-state index < -0.39 is 29.1 Å². The average Bonchev–Trinajstić information content (AvgIpc) is 2.71. The first kappa shape index (κ1) is 22.3. The molecule has 0 aliphatic rings. The van der Waals surface area contributed by atoms with Crippen LogP contribution < -0.4 is 4.72 Å². The van der Waals surface area contributed by atoms with E-state index in [9.17, 15) is 18.0 Å². The second-order valence-corrected chi connectivity index (χ2v) is 8.37. The Balaban J connectivity index is 2.00. The van der Waals surface area contributed by atoms with Crippen LogP contribution in [0.1, 0.15) is 38.2 Å². The minimum Gasteiger partial charge on any atom is -0.456 e. The molecule has 0 aliphatic carbocycles. The summed E-state index contributed by atoms with van der Waals surface area (Å²) >= 11 is 0. The molecule has 0 heterocycles. The van der Waals surface area contributed by atoms with Crippen molar-refractivity contribution in [1.29, 1.82) is 5.26 Å². The Bertz CT molecular complexity index is 1110. The summed E-state index contributed by atoms with van der Waals surface area (Å²) < 4.78 is 31.6. The van der Waals surface area contributed by atoms with Gasteiger partial charge in [0.05, 0.1) is 10.5 Å². The van der Waals surface area contributed by atoms with E-state index in [0.717, 1.165) is 22.3 Å². The van der Waals surface area contributed by atoms with E-state index in [0.29, 0.717) is 5.56 Å². The summed E-state index contributed by atoms with van der Waals surface area (Å²) in [6.45, 7) is 6.49. The molecule has 8 heteroatoms. The van der Waals surface area contributed by atoms with Crippen LogP contribution in [-0.2, 0) is 19.6 Å². The second-order valence-electron chi connectivity index (χ2n) is 6.63. The van der Waals surface area contributed by atoms with Crippen LogP contribution in [0, 0.1) is 39.0 Å². The van der Waals surface area contributed by atoms with Crippen molar-refractivity contribution >= 4 is 21.8 Å². The van der Waals surface area contributed by atoms with Gasteiger partial charge in [0.15, 0.2) is 6.61 Å². The minimum atomic E-state index is -4.07. The molecule has 0 radical (unpaired) electrons. The van der Waals surface area contributed by atoms with Crippen molar-refractivity contribution < 1.29 is 22.7 Å². The molecule has 2 aromatic rings. The van der Waals surface area contributed by atoms with Gasteiger partial charge in [0, 0.05) is 5.56 Å². The summed E-state index contributed by atoms with van der Waals surface area (Å²) in [4.78, 5) is 24.1. The van der Waals surface area contributed by atoms with Crippen molar-refractivity contribution in [2.24, 2.45) is 0 Å². The van der Waals surface area contributed by atoms with E-state index in [2.05, 4.69) is 4.72 Å². The SMILES string of the molecule is Cc1cc(C(=O)COC(=O)CNS(=O)(=O)c2ccccc2C#N)c(C)c(C)c1C. The van der Waals surface area contributed by atoms with Crippen molar-refractivity contribution in [3.8, 4) is 6.07 Å². The Hall–Kier alpha value is -3.02. The molecule has 0 bridgehead atoms. The van der Waals surface area contributed by atoms with Crippen LogP contribution in [0.2, 0.25) is 0 Å². The Morgan fingerprint density at radius 1 is 1.07 bits per heavy atom. The van der Waals surface area contributed by atoms with Gasteiger partial charge in [-0.2, -0.15) is 9.98 Å². The largest absolute Gasteiger partial charge is 0.456 e. The summed E-state index contributed by atoms with van der Waals surface area (Å²) in [6.07, 6.45) is 0. The van der Waals surface area contributed by atoms with E-state index >= 15 is 0 Å². The molecule has 152 valence electrons. The summed E-state index contributed by atoms with van der Waals surface area (Å²) in [7, 11) is -4.07. The standard InChI is InChI=1S/C21H22N2O5S/c1-13-9-18(16(4)15(3)14(13)2)19(24)12-28-21(25)11-23-29(26,27)20-8-6-5-7-17(20)10-22/h5-9,23H,11-12H2,1-4H3. The van der Waals surface area contributed by atoms with Crippen LogP contribution in [-0.4, -0.2) is 33.3 Å². The van der Waals surface area contributed by atoms with E-state index in [1.165, 1.54) is 24.3 Å². The number of sulfonamides is 1. The quantitative estimate of drug-likeness (QED) is 0.550. The topological polar surface area (TPSA) is 113 Å². The number of carbonyl (C=O) groups is 2. The summed E-state index contributed by atoms with van der Waals surface area (Å²) in [5.41, 5.74) is 4.33. The summed E-state index contributed by atoms with van der Waals surface area (Å²) in [5.74, 6) is -1.26. The van der Waals surface area contributed by atoms with Gasteiger partial charge in [-0.25, -0.2) is 8.42 Å². The van der Waals surface area contributed by atoms with Crippen molar-refractivity contribution in [3.05, 3.63) is 63.7 Å². The fourth-order valence-electron chi connectivity index (χ4n) is 2.80. The molecule has 29 heavy (non-hydrogen) atoms. The maximum absolute atomic E-state index is 12.4. The zero-order valence-electron chi connectivity index (χ0n) is 16.7. The first-order chi connectivity index (χ1) is 13.6. The molecule has 0 saturated heterocycles. The fourth-order valence-corrected chi connectivity index (χ4v) is 3.93. The van der Waals surface area contributed by atoms with Crippen molar-refractivity contribution in [3.63, 3.8) is 0 Å². The highest BCUT2D eigenvalue weighted by atomic mass is 32.2. The van der Waals surface area contributed by atoms with Crippen molar-refractivity contribution in [1.82, 2.24) is 4.72 Å². The zero-order valence-corrected chi connectivity index (χ0v) is 17.5. The molecule has 1 N–H and O–H groups in total. The van der Waals surface area contributed by atoms with E-state index in [1.807, 2.05) is 27.7 Å². The Labute approximate surface area is 170 Å². The third kappa shape index (κ3) is 5.08. The molecule has 0 amide bonds. The maximum atomic E-state index is 12.4. The van der Waals surface area contributed by atoms with Crippen LogP contribution in [0.4, 0.5) is 0 Å². The van der Waals surface area contributed by atoms with Gasteiger partial charge in [0.25, 0.3) is 0 Å². The molecular weight excluding hydrogens is 392 g/mol. The lowest BCUT2D eigenvalue weighted by Gasteiger charge is -2.13. The number of Topliss-reactive ketones (excluding diaryl/α,β-unsaturated/α-hetero) is 1. The first-order valence-corrected chi connectivity index (χ1v) is 10.3. The van der Waals surface area contributed by atoms with E-state index in [4.69, 9.17) is 10.00 Å². The lowest BCUT2D eigenvalue weighted by atomic mass is 9.93. The number of carbonyl (C=O) groups excluding carboxylic acids is 2. The molecule has 0 aromatic heterocycles. The van der Waals surface area contributed by atoms with Crippen molar-refractivity contribution in [2.75, 3.05) is 13.2 Å². The van der Waals surface area contributed by atoms with Crippen LogP contribution in [0.3, 0.4) is 0 Å². The van der Waals surface area contributed by atoms with Gasteiger partial charge in [0.1, 0.15) is 12.6 Å². The molecule has 0 fully saturated rings. The predicted molar refractivity (Wildman–Crippen MR) is 107 cm³/mol. The van der Waals surface area contributed by atoms with Crippen LogP contribution in [0.5, 0.6) is 0 Å². The number of nitrogens with one attached hydrogen (secondary N) is 1. The predicted octanol–water partition coefficient (Wildman–Crippen LogP) is 2.50. The number of hydrogen-bond acceptors (Lipinski definition) is 6. The number of ketones is 1. The third-order valence-electron chi connectivity index (χ3n) is 4.85. The van der Waals surface area contributed by atoms with Gasteiger partial charge < -0.3 is 4.74 Å². The number of benzene rings is 2. The van der Waals surface area contributed by atoms with Gasteiger partial charge in [-0.3, -0.25) is 9.59 Å². The smallest absolute Gasteiger partial charge is 0.321 e. The van der Waals surface area contributed by atoms with Gasteiger partial charge in [-0.15, -0.1) is 0 Å². The number of rotatable bonds is 7. The van der Waals surface area contributed by atoms with E-state index in [1.54, 1.807) is 12.1 Å². The number of aryl methyl sites for hydroxylation is 1. The van der Waals surface area contributed by atoms with Gasteiger partial charge in [0.2, 0.25) is 15.8 Å². The van der Waals surface area contributed by atoms with Gasteiger partial charge in [-0.1, -0.05) is 12.1 Å². The molecule has 0 saturated carbocycles. The average molecular weight is 414 g/mol. The highest BCUT2D eigenvalue weighted by molar-refractivity contribution is 7.89. The van der Waals surface area contributed by atoms with Crippen molar-refractivity contribution in [2.45, 2.75) is 32.6 Å². The number of nitriles is 1. The van der Waals surface area contributed by atoms with Crippen LogP contribution >= 0.6 is 0 Å². The van der Waals surface area contributed by atoms with Crippen LogP contribution in [0.25, 0.3) is 0 Å². The highest BCUT2D eigenvalue weighted by Gasteiger charge is 2.20. The van der Waals surface area contributed by atoms with E-state index in [-0.39, 0.29) is 16.2 Å². The molecule has 0 unspecified atom stereocenters. The molecule has 0 aliphatic heterocycles. The fraction of sp³-hybridized carbons (Fsp3) is 0.286. The normalized spacial score (nSPS) is 11.0. The molecule has 2 rings (SSSR count). The molecule has 2 aromatic carbocycles. The lowest BCUT2D eigenvalue weighted by molar-refractivity contribution is -0.141. The number of ether oxygens (including phenoxy) is 1. The van der Waals surface area contributed by atoms with Gasteiger partial charge in [-0.05, 0) is 68.1 Å². The van der Waals surface area contributed by atoms with Gasteiger partial charge >= 0.3 is 5.97 Å². The molecule has 0 spiro atoms. The number of nitrogens with zero attached hydrogens (tertiary/aromatic N) is 1. The Morgan fingerprint density at radius 3 is 2.38 bits per heavy atom. The number of esters is 1. The molecule has 0 atom stereocenters. The van der Waals surface area contributed by atoms with Crippen LogP contribution in [0.15, 0.2) is 35.2 Å². The monoisotopic (exact) mass is 414 g/mol. The minimum absolute atomic E-state index is 0.0378. The molecular formula is C21H22N2O5S. The maximum Gasteiger partial charge on any atom is 0.321 e. The first-order valence-electron chi connectivity index (χ1n) is 8.83. The summed E-state index contributed by atoms with van der Waals surface area (Å²) in [5, 5.41) is 9.02. The Morgan fingerprint density at radius 2 is 1.72 bits per heavy atom. The highest BCUT2D eigenvalue weighted by Crippen LogP contribution is 2.21. The second kappa shape index (κ2) is 8.99. The zero-order chi connectivity index (χ0) is 21.8. The lowest BCUT2D eigenvalue weighted by Crippen LogP contribution is -2.32. The number of hydrogen-bond donors (Lipinski definition) is 1. The Kier molecular flexibility index (Phi) is 6.90. The summed E-state index contributed by atoms with van der Waals surface area (Å²) in [6, 6.07) is 9.18. The third-order valence-corrected chi connectivity index (χ3v) is 6.31. The molecule has 7 nitrogen and oxygen atoms in total.